The molecule has 8 unspecified atom stereocenters. The number of fused-ring (bicyclic) bond motifs is 5. The lowest BCUT2D eigenvalue weighted by Crippen LogP contribution is -2.52. The minimum absolute atomic E-state index is 0.181. The first-order valence-electron chi connectivity index (χ1n) is 9.86. The molecule has 0 heterocycles. The van der Waals surface area contributed by atoms with E-state index in [1.807, 2.05) is 0 Å². The van der Waals surface area contributed by atoms with Gasteiger partial charge in [0.25, 0.3) is 0 Å². The van der Waals surface area contributed by atoms with Crippen molar-refractivity contribution in [3.05, 3.63) is 12.2 Å². The first-order chi connectivity index (χ1) is 10.5. The maximum absolute atomic E-state index is 10.0. The number of aliphatic hydroxyl groups is 1. The quantitative estimate of drug-likeness (QED) is 0.661. The van der Waals surface area contributed by atoms with Crippen LogP contribution in [0.1, 0.15) is 72.1 Å². The van der Waals surface area contributed by atoms with Gasteiger partial charge in [-0.05, 0) is 85.4 Å². The van der Waals surface area contributed by atoms with Gasteiger partial charge in [0, 0.05) is 0 Å². The summed E-state index contributed by atoms with van der Waals surface area (Å²) in [5.74, 6) is 4.52. The van der Waals surface area contributed by atoms with Gasteiger partial charge in [0.2, 0.25) is 0 Å². The van der Waals surface area contributed by atoms with Crippen LogP contribution in [0.4, 0.5) is 0 Å². The minimum Gasteiger partial charge on any atom is -0.389 e. The number of rotatable bonds is 1. The Kier molecular flexibility index (Phi) is 3.53. The van der Waals surface area contributed by atoms with Crippen LogP contribution in [0.2, 0.25) is 0 Å². The molecule has 0 radical (unpaired) electrons. The Hall–Kier alpha value is -0.300. The molecular formula is C21H34O. The van der Waals surface area contributed by atoms with Gasteiger partial charge < -0.3 is 5.11 Å². The van der Waals surface area contributed by atoms with E-state index in [9.17, 15) is 5.11 Å². The van der Waals surface area contributed by atoms with Crippen molar-refractivity contribution in [3.8, 4) is 0 Å². The van der Waals surface area contributed by atoms with E-state index in [0.717, 1.165) is 36.0 Å². The van der Waals surface area contributed by atoms with Crippen molar-refractivity contribution in [1.29, 1.82) is 0 Å². The van der Waals surface area contributed by atoms with Gasteiger partial charge in [0.05, 0.1) is 6.10 Å². The fraction of sp³-hybridized carbons (Fsp3) is 0.905. The van der Waals surface area contributed by atoms with Crippen molar-refractivity contribution >= 4 is 0 Å². The molecule has 0 saturated heterocycles. The van der Waals surface area contributed by atoms with Crippen LogP contribution < -0.4 is 0 Å². The third kappa shape index (κ3) is 1.93. The van der Waals surface area contributed by atoms with Crippen molar-refractivity contribution in [2.24, 2.45) is 40.4 Å². The highest BCUT2D eigenvalue weighted by atomic mass is 16.3. The molecule has 3 saturated carbocycles. The lowest BCUT2D eigenvalue weighted by Gasteiger charge is -2.59. The van der Waals surface area contributed by atoms with Crippen LogP contribution in [0.25, 0.3) is 0 Å². The maximum atomic E-state index is 10.0. The molecule has 8 atom stereocenters. The zero-order valence-corrected chi connectivity index (χ0v) is 14.7. The molecule has 0 aliphatic heterocycles. The largest absolute Gasteiger partial charge is 0.389 e. The normalized spacial score (nSPS) is 57.1. The minimum atomic E-state index is -0.181. The smallest absolute Gasteiger partial charge is 0.0724 e. The van der Waals surface area contributed by atoms with Crippen LogP contribution in [0, 0.1) is 40.4 Å². The molecule has 0 amide bonds. The Labute approximate surface area is 136 Å². The Balaban J connectivity index is 1.65. The lowest BCUT2D eigenvalue weighted by atomic mass is 9.46. The highest BCUT2D eigenvalue weighted by molar-refractivity contribution is 5.17. The van der Waals surface area contributed by atoms with E-state index in [1.165, 1.54) is 44.9 Å². The summed E-state index contributed by atoms with van der Waals surface area (Å²) in [7, 11) is 0. The third-order valence-electron chi connectivity index (χ3n) is 8.86. The Morgan fingerprint density at radius 2 is 1.86 bits per heavy atom. The maximum Gasteiger partial charge on any atom is 0.0724 e. The molecule has 0 bridgehead atoms. The van der Waals surface area contributed by atoms with Gasteiger partial charge in [-0.3, -0.25) is 0 Å². The topological polar surface area (TPSA) is 20.2 Å². The molecule has 4 rings (SSSR count). The summed E-state index contributed by atoms with van der Waals surface area (Å²) in [5.41, 5.74) is 1.00. The zero-order chi connectivity index (χ0) is 15.5. The standard InChI is InChI=1S/C21H34O/c1-4-14-6-8-18-17-7-5-15-13-16(22)9-11-21(15,3)19(17)10-12-20(14,18)2/h9,11,14-19,22H,4-8,10,12-13H2,1-3H3. The molecule has 1 nitrogen and oxygen atoms in total. The summed E-state index contributed by atoms with van der Waals surface area (Å²) in [6.07, 6.45) is 15.4. The van der Waals surface area contributed by atoms with E-state index in [0.29, 0.717) is 10.8 Å². The van der Waals surface area contributed by atoms with Crippen LogP contribution in [0.3, 0.4) is 0 Å². The first kappa shape index (κ1) is 15.2. The second-order valence-corrected chi connectivity index (χ2v) is 9.41. The van der Waals surface area contributed by atoms with E-state index in [1.54, 1.807) is 0 Å². The second-order valence-electron chi connectivity index (χ2n) is 9.41. The number of allylic oxidation sites excluding steroid dienone is 1. The van der Waals surface area contributed by atoms with Crippen LogP contribution in [0.5, 0.6) is 0 Å². The molecule has 4 aliphatic rings. The van der Waals surface area contributed by atoms with Crippen molar-refractivity contribution < 1.29 is 5.11 Å². The molecule has 124 valence electrons. The fourth-order valence-corrected chi connectivity index (χ4v) is 7.57. The summed E-state index contributed by atoms with van der Waals surface area (Å²) in [6.45, 7) is 7.56. The molecule has 3 fully saturated rings. The second kappa shape index (κ2) is 5.10. The SMILES string of the molecule is CCC1CCC2C3CCC4CC(O)C=CC4(C)C3CCC12C. The van der Waals surface area contributed by atoms with Gasteiger partial charge in [-0.25, -0.2) is 0 Å². The molecule has 0 spiro atoms. The Morgan fingerprint density at radius 3 is 2.64 bits per heavy atom. The monoisotopic (exact) mass is 302 g/mol. The summed E-state index contributed by atoms with van der Waals surface area (Å²) in [4.78, 5) is 0. The van der Waals surface area contributed by atoms with Gasteiger partial charge in [0.1, 0.15) is 0 Å². The summed E-state index contributed by atoms with van der Waals surface area (Å²) in [6, 6.07) is 0. The van der Waals surface area contributed by atoms with Crippen LogP contribution in [-0.4, -0.2) is 11.2 Å². The van der Waals surface area contributed by atoms with Gasteiger partial charge in [0.15, 0.2) is 0 Å². The molecule has 1 N–H and O–H groups in total. The number of hydrogen-bond acceptors (Lipinski definition) is 1. The van der Waals surface area contributed by atoms with E-state index in [-0.39, 0.29) is 6.10 Å². The molecule has 0 aromatic heterocycles. The average molecular weight is 303 g/mol. The Morgan fingerprint density at radius 1 is 1.05 bits per heavy atom. The predicted molar refractivity (Wildman–Crippen MR) is 91.4 cm³/mol. The Bertz CT molecular complexity index is 469. The van der Waals surface area contributed by atoms with E-state index < -0.39 is 0 Å². The molecule has 0 aromatic carbocycles. The number of aliphatic hydroxyl groups excluding tert-OH is 1. The van der Waals surface area contributed by atoms with Crippen LogP contribution in [0.15, 0.2) is 12.2 Å². The fourth-order valence-electron chi connectivity index (χ4n) is 7.57. The van der Waals surface area contributed by atoms with E-state index >= 15 is 0 Å². The van der Waals surface area contributed by atoms with Crippen molar-refractivity contribution in [1.82, 2.24) is 0 Å². The highest BCUT2D eigenvalue weighted by Gasteiger charge is 2.58. The van der Waals surface area contributed by atoms with Crippen LogP contribution >= 0.6 is 0 Å². The molecule has 4 aliphatic carbocycles. The van der Waals surface area contributed by atoms with Crippen molar-refractivity contribution in [2.45, 2.75) is 78.2 Å². The molecule has 1 heteroatoms. The molecule has 0 aromatic rings. The van der Waals surface area contributed by atoms with Crippen molar-refractivity contribution in [3.63, 3.8) is 0 Å². The number of hydrogen-bond donors (Lipinski definition) is 1. The van der Waals surface area contributed by atoms with Crippen LogP contribution in [-0.2, 0) is 0 Å². The third-order valence-corrected chi connectivity index (χ3v) is 8.86. The first-order valence-corrected chi connectivity index (χ1v) is 9.86. The summed E-state index contributed by atoms with van der Waals surface area (Å²) in [5, 5.41) is 10.0. The van der Waals surface area contributed by atoms with Gasteiger partial charge in [-0.15, -0.1) is 0 Å². The average Bonchev–Trinajstić information content (AvgIpc) is 2.84. The highest BCUT2D eigenvalue weighted by Crippen LogP contribution is 2.66. The van der Waals surface area contributed by atoms with Gasteiger partial charge in [-0.2, -0.15) is 0 Å². The lowest BCUT2D eigenvalue weighted by molar-refractivity contribution is -0.0859. The van der Waals surface area contributed by atoms with Crippen molar-refractivity contribution in [2.75, 3.05) is 0 Å². The summed E-state index contributed by atoms with van der Waals surface area (Å²) < 4.78 is 0. The van der Waals surface area contributed by atoms with Gasteiger partial charge >= 0.3 is 0 Å². The molecular weight excluding hydrogens is 268 g/mol. The predicted octanol–water partition coefficient (Wildman–Crippen LogP) is 5.19. The zero-order valence-electron chi connectivity index (χ0n) is 14.7. The van der Waals surface area contributed by atoms with Gasteiger partial charge in [-0.1, -0.05) is 39.3 Å². The van der Waals surface area contributed by atoms with E-state index in [2.05, 4.69) is 32.9 Å². The van der Waals surface area contributed by atoms with E-state index in [4.69, 9.17) is 0 Å². The summed E-state index contributed by atoms with van der Waals surface area (Å²) >= 11 is 0. The molecule has 22 heavy (non-hydrogen) atoms.